The van der Waals surface area contributed by atoms with Crippen LogP contribution in [0.25, 0.3) is 0 Å². The second kappa shape index (κ2) is 5.21. The van der Waals surface area contributed by atoms with Crippen LogP contribution in [0.4, 0.5) is 0 Å². The van der Waals surface area contributed by atoms with Crippen molar-refractivity contribution >= 4 is 0 Å². The number of rotatable bonds is 6. The first-order valence-electron chi connectivity index (χ1n) is 5.87. The number of nitrogens with one attached hydrogen (secondary N) is 1. The van der Waals surface area contributed by atoms with Crippen molar-refractivity contribution in [2.45, 2.75) is 32.4 Å². The zero-order chi connectivity index (χ0) is 11.4. The van der Waals surface area contributed by atoms with E-state index in [-0.39, 0.29) is 0 Å². The first-order chi connectivity index (χ1) is 7.85. The third kappa shape index (κ3) is 2.67. The molecule has 0 amide bonds. The van der Waals surface area contributed by atoms with Crippen LogP contribution in [-0.4, -0.2) is 19.8 Å². The first kappa shape index (κ1) is 11.3. The molecule has 0 aromatic heterocycles. The summed E-state index contributed by atoms with van der Waals surface area (Å²) in [5, 5.41) is 3.48. The van der Waals surface area contributed by atoms with Crippen molar-refractivity contribution in [2.75, 3.05) is 13.7 Å². The van der Waals surface area contributed by atoms with E-state index >= 15 is 0 Å². The van der Waals surface area contributed by atoms with E-state index in [2.05, 4.69) is 11.4 Å². The molecular weight excluding hydrogens is 202 g/mol. The molecular formula is C13H19NO2. The number of ether oxygens (including phenoxy) is 2. The topological polar surface area (TPSA) is 30.5 Å². The van der Waals surface area contributed by atoms with Crippen molar-refractivity contribution in [2.24, 2.45) is 0 Å². The van der Waals surface area contributed by atoms with Crippen molar-refractivity contribution in [1.82, 2.24) is 5.32 Å². The van der Waals surface area contributed by atoms with E-state index in [9.17, 15) is 0 Å². The summed E-state index contributed by atoms with van der Waals surface area (Å²) >= 11 is 0. The summed E-state index contributed by atoms with van der Waals surface area (Å²) in [7, 11) is 1.69. The fourth-order valence-electron chi connectivity index (χ4n) is 1.74. The van der Waals surface area contributed by atoms with E-state index in [1.807, 2.05) is 19.1 Å². The summed E-state index contributed by atoms with van der Waals surface area (Å²) in [5.41, 5.74) is 1.17. The molecule has 0 saturated heterocycles. The van der Waals surface area contributed by atoms with Crippen LogP contribution in [0.2, 0.25) is 0 Å². The lowest BCUT2D eigenvalue weighted by molar-refractivity contribution is 0.308. The summed E-state index contributed by atoms with van der Waals surface area (Å²) in [6.07, 6.45) is 2.60. The van der Waals surface area contributed by atoms with E-state index in [4.69, 9.17) is 9.47 Å². The molecule has 1 aromatic rings. The van der Waals surface area contributed by atoms with Gasteiger partial charge in [0.05, 0.1) is 13.7 Å². The maximum atomic E-state index is 5.54. The largest absolute Gasteiger partial charge is 0.493 e. The molecule has 88 valence electrons. The van der Waals surface area contributed by atoms with Crippen LogP contribution in [-0.2, 0) is 6.54 Å². The molecule has 3 nitrogen and oxygen atoms in total. The molecule has 1 N–H and O–H groups in total. The molecule has 2 rings (SSSR count). The predicted molar refractivity (Wildman–Crippen MR) is 64.0 cm³/mol. The van der Waals surface area contributed by atoms with Gasteiger partial charge in [-0.05, 0) is 25.8 Å². The Morgan fingerprint density at radius 3 is 2.81 bits per heavy atom. The zero-order valence-electron chi connectivity index (χ0n) is 9.95. The number of hydrogen-bond acceptors (Lipinski definition) is 3. The van der Waals surface area contributed by atoms with Crippen LogP contribution in [0.1, 0.15) is 25.3 Å². The Balaban J connectivity index is 2.10. The molecule has 0 radical (unpaired) electrons. The van der Waals surface area contributed by atoms with Crippen LogP contribution >= 0.6 is 0 Å². The molecule has 0 unspecified atom stereocenters. The van der Waals surface area contributed by atoms with Gasteiger partial charge in [0, 0.05) is 18.2 Å². The molecule has 1 aliphatic carbocycles. The standard InChI is InChI=1S/C13H19NO2/c1-3-16-12-6-4-5-10(13(12)15-2)9-14-11-7-8-11/h4-6,11,14H,3,7-9H2,1-2H3. The molecule has 3 heteroatoms. The van der Waals surface area contributed by atoms with Crippen LogP contribution in [0.15, 0.2) is 18.2 Å². The zero-order valence-corrected chi connectivity index (χ0v) is 9.95. The van der Waals surface area contributed by atoms with Gasteiger partial charge in [-0.25, -0.2) is 0 Å². The highest BCUT2D eigenvalue weighted by molar-refractivity contribution is 5.46. The van der Waals surface area contributed by atoms with Crippen molar-refractivity contribution in [3.05, 3.63) is 23.8 Å². The smallest absolute Gasteiger partial charge is 0.165 e. The number of benzene rings is 1. The molecule has 16 heavy (non-hydrogen) atoms. The number of hydrogen-bond donors (Lipinski definition) is 1. The maximum Gasteiger partial charge on any atom is 0.165 e. The molecule has 1 aliphatic rings. The Hall–Kier alpha value is -1.22. The van der Waals surface area contributed by atoms with E-state index in [0.717, 1.165) is 18.0 Å². The molecule has 0 aliphatic heterocycles. The molecule has 0 bridgehead atoms. The van der Waals surface area contributed by atoms with Gasteiger partial charge in [0.25, 0.3) is 0 Å². The van der Waals surface area contributed by atoms with Gasteiger partial charge in [-0.1, -0.05) is 12.1 Å². The molecule has 1 aromatic carbocycles. The Kier molecular flexibility index (Phi) is 3.67. The van der Waals surface area contributed by atoms with Crippen LogP contribution < -0.4 is 14.8 Å². The Morgan fingerprint density at radius 1 is 1.38 bits per heavy atom. The maximum absolute atomic E-state index is 5.54. The molecule has 0 atom stereocenters. The third-order valence-corrected chi connectivity index (χ3v) is 2.72. The fourth-order valence-corrected chi connectivity index (χ4v) is 1.74. The van der Waals surface area contributed by atoms with Crippen LogP contribution in [0.5, 0.6) is 11.5 Å². The summed E-state index contributed by atoms with van der Waals surface area (Å²) in [6, 6.07) is 6.75. The minimum atomic E-state index is 0.663. The van der Waals surface area contributed by atoms with Gasteiger partial charge in [0.2, 0.25) is 0 Å². The van der Waals surface area contributed by atoms with Gasteiger partial charge in [0.1, 0.15) is 0 Å². The summed E-state index contributed by atoms with van der Waals surface area (Å²) in [4.78, 5) is 0. The van der Waals surface area contributed by atoms with Crippen LogP contribution in [0, 0.1) is 0 Å². The lowest BCUT2D eigenvalue weighted by atomic mass is 10.2. The van der Waals surface area contributed by atoms with E-state index in [1.165, 1.54) is 18.4 Å². The van der Waals surface area contributed by atoms with E-state index < -0.39 is 0 Å². The van der Waals surface area contributed by atoms with Gasteiger partial charge >= 0.3 is 0 Å². The Morgan fingerprint density at radius 2 is 2.19 bits per heavy atom. The SMILES string of the molecule is CCOc1cccc(CNC2CC2)c1OC. The highest BCUT2D eigenvalue weighted by Gasteiger charge is 2.21. The second-order valence-corrected chi connectivity index (χ2v) is 4.04. The minimum absolute atomic E-state index is 0.663. The van der Waals surface area contributed by atoms with Crippen LogP contribution in [0.3, 0.4) is 0 Å². The lowest BCUT2D eigenvalue weighted by Crippen LogP contribution is -2.16. The van der Waals surface area contributed by atoms with E-state index in [0.29, 0.717) is 12.6 Å². The average Bonchev–Trinajstić information content (AvgIpc) is 3.11. The van der Waals surface area contributed by atoms with Crippen molar-refractivity contribution < 1.29 is 9.47 Å². The van der Waals surface area contributed by atoms with Crippen molar-refractivity contribution in [1.29, 1.82) is 0 Å². The Labute approximate surface area is 96.8 Å². The van der Waals surface area contributed by atoms with Crippen molar-refractivity contribution in [3.63, 3.8) is 0 Å². The van der Waals surface area contributed by atoms with Gasteiger partial charge in [-0.15, -0.1) is 0 Å². The lowest BCUT2D eigenvalue weighted by Gasteiger charge is -2.13. The molecule has 0 spiro atoms. The number of para-hydroxylation sites is 1. The normalized spacial score (nSPS) is 14.9. The molecule has 1 saturated carbocycles. The summed E-state index contributed by atoms with van der Waals surface area (Å²) in [6.45, 7) is 3.50. The van der Waals surface area contributed by atoms with Crippen molar-refractivity contribution in [3.8, 4) is 11.5 Å². The van der Waals surface area contributed by atoms with Gasteiger partial charge in [-0.3, -0.25) is 0 Å². The first-order valence-corrected chi connectivity index (χ1v) is 5.87. The quantitative estimate of drug-likeness (QED) is 0.799. The monoisotopic (exact) mass is 221 g/mol. The molecule has 0 heterocycles. The molecule has 1 fully saturated rings. The van der Waals surface area contributed by atoms with E-state index in [1.54, 1.807) is 7.11 Å². The summed E-state index contributed by atoms with van der Waals surface area (Å²) in [5.74, 6) is 1.69. The predicted octanol–water partition coefficient (Wildman–Crippen LogP) is 2.35. The third-order valence-electron chi connectivity index (χ3n) is 2.72. The Bertz CT molecular complexity index is 348. The van der Waals surface area contributed by atoms with Gasteiger partial charge < -0.3 is 14.8 Å². The second-order valence-electron chi connectivity index (χ2n) is 4.04. The fraction of sp³-hybridized carbons (Fsp3) is 0.538. The minimum Gasteiger partial charge on any atom is -0.493 e. The highest BCUT2D eigenvalue weighted by Crippen LogP contribution is 2.31. The number of methoxy groups -OCH3 is 1. The summed E-state index contributed by atoms with van der Waals surface area (Å²) < 4.78 is 11.0. The highest BCUT2D eigenvalue weighted by atomic mass is 16.5. The van der Waals surface area contributed by atoms with Gasteiger partial charge in [-0.2, -0.15) is 0 Å². The average molecular weight is 221 g/mol. The van der Waals surface area contributed by atoms with Gasteiger partial charge in [0.15, 0.2) is 11.5 Å².